The molecule has 0 aromatic carbocycles. The molecular weight excluding hydrogens is 211 g/mol. The van der Waals surface area contributed by atoms with E-state index < -0.39 is 0 Å². The minimum Gasteiger partial charge on any atom is -0.396 e. The van der Waals surface area contributed by atoms with E-state index in [1.54, 1.807) is 12.3 Å². The molecule has 1 heterocycles. The molecule has 5 heteroatoms. The number of nitrogens with two attached hydrogens (primary N) is 1. The van der Waals surface area contributed by atoms with Crippen LogP contribution >= 0.6 is 23.2 Å². The molecule has 0 aliphatic rings. The number of hydrogen-bond donors (Lipinski definition) is 2. The average molecular weight is 221 g/mol. The van der Waals surface area contributed by atoms with Crippen LogP contribution in [0.25, 0.3) is 0 Å². The Labute approximate surface area is 86.5 Å². The van der Waals surface area contributed by atoms with E-state index in [1.807, 2.05) is 0 Å². The summed E-state index contributed by atoms with van der Waals surface area (Å²) >= 11 is 11.6. The molecule has 1 aromatic heterocycles. The fourth-order valence-electron chi connectivity index (χ4n) is 1.01. The molecule has 0 aliphatic carbocycles. The second kappa shape index (κ2) is 4.77. The Kier molecular flexibility index (Phi) is 3.93. The van der Waals surface area contributed by atoms with Gasteiger partial charge in [0.2, 0.25) is 0 Å². The van der Waals surface area contributed by atoms with E-state index >= 15 is 0 Å². The fourth-order valence-corrected chi connectivity index (χ4v) is 1.43. The SMILES string of the molecule is N[C@@H](CCO)c1ccnc(Cl)c1Cl. The molecule has 3 N–H and O–H groups in total. The molecule has 72 valence electrons. The van der Waals surface area contributed by atoms with E-state index in [-0.39, 0.29) is 17.8 Å². The minimum atomic E-state index is -0.294. The smallest absolute Gasteiger partial charge is 0.147 e. The Morgan fingerprint density at radius 2 is 2.23 bits per heavy atom. The highest BCUT2D eigenvalue weighted by atomic mass is 35.5. The van der Waals surface area contributed by atoms with E-state index in [1.165, 1.54) is 0 Å². The predicted octanol–water partition coefficient (Wildman–Crippen LogP) is 1.77. The van der Waals surface area contributed by atoms with Gasteiger partial charge in [-0.1, -0.05) is 23.2 Å². The Balaban J connectivity index is 2.93. The molecule has 0 radical (unpaired) electrons. The van der Waals surface area contributed by atoms with Crippen molar-refractivity contribution in [1.82, 2.24) is 4.98 Å². The van der Waals surface area contributed by atoms with Gasteiger partial charge in [-0.15, -0.1) is 0 Å². The van der Waals surface area contributed by atoms with Crippen LogP contribution in [0.1, 0.15) is 18.0 Å². The molecule has 0 aliphatic heterocycles. The van der Waals surface area contributed by atoms with Gasteiger partial charge in [-0.2, -0.15) is 0 Å². The zero-order valence-electron chi connectivity index (χ0n) is 6.87. The number of nitrogens with zero attached hydrogens (tertiary/aromatic N) is 1. The summed E-state index contributed by atoms with van der Waals surface area (Å²) in [6.45, 7) is 0.0252. The van der Waals surface area contributed by atoms with E-state index in [0.717, 1.165) is 5.56 Å². The maximum atomic E-state index is 8.69. The summed E-state index contributed by atoms with van der Waals surface area (Å²) in [5, 5.41) is 9.30. The van der Waals surface area contributed by atoms with Crippen LogP contribution in [0.4, 0.5) is 0 Å². The van der Waals surface area contributed by atoms with Crippen LogP contribution in [0, 0.1) is 0 Å². The van der Waals surface area contributed by atoms with E-state index in [0.29, 0.717) is 11.4 Å². The number of hydrogen-bond acceptors (Lipinski definition) is 3. The van der Waals surface area contributed by atoms with Crippen molar-refractivity contribution >= 4 is 23.2 Å². The van der Waals surface area contributed by atoms with Crippen molar-refractivity contribution < 1.29 is 5.11 Å². The standard InChI is InChI=1S/C8H10Cl2N2O/c9-7-5(6(11)2-4-13)1-3-12-8(7)10/h1,3,6,13H,2,4,11H2/t6-/m0/s1. The molecule has 1 atom stereocenters. The van der Waals surface area contributed by atoms with E-state index in [9.17, 15) is 0 Å². The Hall–Kier alpha value is -0.350. The molecule has 0 saturated heterocycles. The number of rotatable bonds is 3. The highest BCUT2D eigenvalue weighted by Crippen LogP contribution is 2.28. The number of halogens is 2. The van der Waals surface area contributed by atoms with E-state index in [4.69, 9.17) is 34.0 Å². The first-order valence-corrected chi connectivity index (χ1v) is 4.58. The third-order valence-corrected chi connectivity index (χ3v) is 2.50. The Bertz CT molecular complexity index is 293. The first kappa shape index (κ1) is 10.7. The second-order valence-corrected chi connectivity index (χ2v) is 3.36. The average Bonchev–Trinajstić information content (AvgIpc) is 2.10. The summed E-state index contributed by atoms with van der Waals surface area (Å²) in [5.74, 6) is 0. The maximum Gasteiger partial charge on any atom is 0.147 e. The topological polar surface area (TPSA) is 59.1 Å². The summed E-state index contributed by atoms with van der Waals surface area (Å²) in [5.41, 5.74) is 6.46. The first-order valence-electron chi connectivity index (χ1n) is 3.83. The maximum absolute atomic E-state index is 8.69. The molecule has 0 bridgehead atoms. The fraction of sp³-hybridized carbons (Fsp3) is 0.375. The lowest BCUT2D eigenvalue weighted by Gasteiger charge is -2.12. The molecule has 3 nitrogen and oxygen atoms in total. The molecule has 0 saturated carbocycles. The van der Waals surface area contributed by atoms with Crippen molar-refractivity contribution in [3.63, 3.8) is 0 Å². The van der Waals surface area contributed by atoms with Gasteiger partial charge in [-0.3, -0.25) is 0 Å². The number of aliphatic hydroxyl groups is 1. The summed E-state index contributed by atoms with van der Waals surface area (Å²) in [6, 6.07) is 1.41. The molecule has 0 unspecified atom stereocenters. The first-order chi connectivity index (χ1) is 6.16. The highest BCUT2D eigenvalue weighted by molar-refractivity contribution is 6.41. The number of aliphatic hydroxyl groups excluding tert-OH is 1. The zero-order valence-corrected chi connectivity index (χ0v) is 8.39. The highest BCUT2D eigenvalue weighted by Gasteiger charge is 2.12. The van der Waals surface area contributed by atoms with Crippen molar-refractivity contribution in [3.05, 3.63) is 28.0 Å². The van der Waals surface area contributed by atoms with Crippen molar-refractivity contribution in [3.8, 4) is 0 Å². The molecule has 1 rings (SSSR count). The van der Waals surface area contributed by atoms with Crippen molar-refractivity contribution in [2.75, 3.05) is 6.61 Å². The van der Waals surface area contributed by atoms with Crippen LogP contribution in [0.2, 0.25) is 10.2 Å². The minimum absolute atomic E-state index is 0.0252. The van der Waals surface area contributed by atoms with Crippen LogP contribution in [-0.4, -0.2) is 16.7 Å². The van der Waals surface area contributed by atoms with Crippen LogP contribution in [-0.2, 0) is 0 Å². The lowest BCUT2D eigenvalue weighted by atomic mass is 10.1. The second-order valence-electron chi connectivity index (χ2n) is 2.62. The monoisotopic (exact) mass is 220 g/mol. The van der Waals surface area contributed by atoms with Crippen LogP contribution in [0.15, 0.2) is 12.3 Å². The van der Waals surface area contributed by atoms with Gasteiger partial charge in [-0.05, 0) is 18.1 Å². The van der Waals surface area contributed by atoms with Crippen molar-refractivity contribution in [1.29, 1.82) is 0 Å². The Morgan fingerprint density at radius 3 is 2.85 bits per heavy atom. The number of pyridine rings is 1. The van der Waals surface area contributed by atoms with Gasteiger partial charge in [0.05, 0.1) is 5.02 Å². The normalized spacial score (nSPS) is 12.9. The van der Waals surface area contributed by atoms with Crippen molar-refractivity contribution in [2.24, 2.45) is 5.73 Å². The van der Waals surface area contributed by atoms with Crippen molar-refractivity contribution in [2.45, 2.75) is 12.5 Å². The third-order valence-electron chi connectivity index (χ3n) is 1.72. The lowest BCUT2D eigenvalue weighted by molar-refractivity contribution is 0.276. The van der Waals surface area contributed by atoms with Gasteiger partial charge in [0.25, 0.3) is 0 Å². The Morgan fingerprint density at radius 1 is 1.54 bits per heavy atom. The third kappa shape index (κ3) is 2.54. The van der Waals surface area contributed by atoms with Gasteiger partial charge >= 0.3 is 0 Å². The van der Waals surface area contributed by atoms with Gasteiger partial charge in [-0.25, -0.2) is 4.98 Å². The van der Waals surface area contributed by atoms with E-state index in [2.05, 4.69) is 4.98 Å². The largest absolute Gasteiger partial charge is 0.396 e. The molecule has 0 spiro atoms. The summed E-state index contributed by atoms with van der Waals surface area (Å²) in [7, 11) is 0. The molecule has 0 amide bonds. The van der Waals surface area contributed by atoms with Gasteiger partial charge < -0.3 is 10.8 Å². The summed E-state index contributed by atoms with van der Waals surface area (Å²) < 4.78 is 0. The van der Waals surface area contributed by atoms with Crippen LogP contribution < -0.4 is 5.73 Å². The van der Waals surface area contributed by atoms with Crippen LogP contribution in [0.5, 0.6) is 0 Å². The van der Waals surface area contributed by atoms with Gasteiger partial charge in [0.1, 0.15) is 5.15 Å². The van der Waals surface area contributed by atoms with Crippen LogP contribution in [0.3, 0.4) is 0 Å². The molecular formula is C8H10Cl2N2O. The summed E-state index contributed by atoms with van der Waals surface area (Å²) in [6.07, 6.45) is 2.00. The predicted molar refractivity (Wildman–Crippen MR) is 52.9 cm³/mol. The zero-order chi connectivity index (χ0) is 9.84. The quantitative estimate of drug-likeness (QED) is 0.764. The van der Waals surface area contributed by atoms with Gasteiger partial charge in [0, 0.05) is 18.8 Å². The molecule has 0 fully saturated rings. The summed E-state index contributed by atoms with van der Waals surface area (Å²) in [4.78, 5) is 3.80. The van der Waals surface area contributed by atoms with Gasteiger partial charge in [0.15, 0.2) is 0 Å². The number of aromatic nitrogens is 1. The molecule has 13 heavy (non-hydrogen) atoms. The molecule has 1 aromatic rings. The lowest BCUT2D eigenvalue weighted by Crippen LogP contribution is -2.12.